The number of aryl methyl sites for hydroxylation is 1. The van der Waals surface area contributed by atoms with Gasteiger partial charge in [0.1, 0.15) is 6.04 Å². The molecule has 0 radical (unpaired) electrons. The van der Waals surface area contributed by atoms with Crippen molar-refractivity contribution in [3.8, 4) is 0 Å². The van der Waals surface area contributed by atoms with Gasteiger partial charge in [-0.05, 0) is 38.0 Å². The Bertz CT molecular complexity index is 721. The van der Waals surface area contributed by atoms with Crippen molar-refractivity contribution in [1.29, 1.82) is 0 Å². The summed E-state index contributed by atoms with van der Waals surface area (Å²) in [5.41, 5.74) is 1.35. The lowest BCUT2D eigenvalue weighted by molar-refractivity contribution is -0.148. The molecule has 1 atom stereocenters. The number of carbonyl (C=O) groups is 2. The van der Waals surface area contributed by atoms with Gasteiger partial charge in [0, 0.05) is 10.7 Å². The maximum atomic E-state index is 11.8. The monoisotopic (exact) mass is 390 g/mol. The number of rotatable bonds is 9. The minimum absolute atomic E-state index is 0.0597. The molecule has 1 aromatic carbocycles. The highest BCUT2D eigenvalue weighted by Gasteiger charge is 2.21. The number of amides is 1. The van der Waals surface area contributed by atoms with Gasteiger partial charge in [-0.15, -0.1) is 0 Å². The third-order valence-electron chi connectivity index (χ3n) is 3.28. The second-order valence-electron chi connectivity index (χ2n) is 5.63. The van der Waals surface area contributed by atoms with Gasteiger partial charge in [0.05, 0.1) is 5.75 Å². The Hall–Kier alpha value is -1.64. The topological polar surface area (TPSA) is 102 Å². The zero-order valence-corrected chi connectivity index (χ0v) is 16.0. The standard InChI is InChI=1S/C16H23ClN2O5S/c1-4-5-8-25(22,23)19-12(3)16(21)24-10-15(20)18-13-7-6-11(2)14(17)9-13/h6-7,9,12,19H,4-5,8,10H2,1-3H3,(H,18,20)/t12-/m0/s1. The molecule has 1 rings (SSSR count). The number of anilines is 1. The van der Waals surface area contributed by atoms with E-state index in [-0.39, 0.29) is 5.75 Å². The summed E-state index contributed by atoms with van der Waals surface area (Å²) in [6, 6.07) is 3.94. The highest BCUT2D eigenvalue weighted by molar-refractivity contribution is 7.89. The average Bonchev–Trinajstić information content (AvgIpc) is 2.53. The lowest BCUT2D eigenvalue weighted by Crippen LogP contribution is -2.41. The number of esters is 1. The van der Waals surface area contributed by atoms with Crippen molar-refractivity contribution in [3.63, 3.8) is 0 Å². The molecule has 2 N–H and O–H groups in total. The second kappa shape index (κ2) is 9.74. The predicted molar refractivity (Wildman–Crippen MR) is 97.1 cm³/mol. The molecule has 0 saturated carbocycles. The van der Waals surface area contributed by atoms with Crippen molar-refractivity contribution in [2.45, 2.75) is 39.7 Å². The molecule has 0 unspecified atom stereocenters. The van der Waals surface area contributed by atoms with E-state index in [4.69, 9.17) is 16.3 Å². The third kappa shape index (κ3) is 7.85. The zero-order chi connectivity index (χ0) is 19.0. The van der Waals surface area contributed by atoms with Gasteiger partial charge in [-0.3, -0.25) is 9.59 Å². The van der Waals surface area contributed by atoms with Crippen LogP contribution in [0.25, 0.3) is 0 Å². The summed E-state index contributed by atoms with van der Waals surface area (Å²) >= 11 is 5.96. The minimum atomic E-state index is -3.55. The quantitative estimate of drug-likeness (QED) is 0.629. The molecule has 0 fully saturated rings. The molecule has 0 aliphatic heterocycles. The van der Waals surface area contributed by atoms with E-state index in [0.29, 0.717) is 17.1 Å². The van der Waals surface area contributed by atoms with E-state index in [0.717, 1.165) is 12.0 Å². The van der Waals surface area contributed by atoms with Gasteiger partial charge in [0.15, 0.2) is 6.61 Å². The van der Waals surface area contributed by atoms with Crippen LogP contribution in [0.5, 0.6) is 0 Å². The number of sulfonamides is 1. The molecule has 0 heterocycles. The van der Waals surface area contributed by atoms with Gasteiger partial charge < -0.3 is 10.1 Å². The molecular weight excluding hydrogens is 368 g/mol. The number of halogens is 1. The first-order chi connectivity index (χ1) is 11.6. The lowest BCUT2D eigenvalue weighted by atomic mass is 10.2. The predicted octanol–water partition coefficient (Wildman–Crippen LogP) is 2.24. The molecule has 0 bridgehead atoms. The van der Waals surface area contributed by atoms with Crippen LogP contribution in [-0.4, -0.2) is 38.7 Å². The van der Waals surface area contributed by atoms with E-state index in [9.17, 15) is 18.0 Å². The number of unbranched alkanes of at least 4 members (excludes halogenated alkanes) is 1. The number of nitrogens with one attached hydrogen (secondary N) is 2. The number of ether oxygens (including phenoxy) is 1. The maximum absolute atomic E-state index is 11.8. The Morgan fingerprint density at radius 2 is 2.00 bits per heavy atom. The van der Waals surface area contributed by atoms with Gasteiger partial charge in [-0.2, -0.15) is 0 Å². The summed E-state index contributed by atoms with van der Waals surface area (Å²) in [7, 11) is -3.55. The first-order valence-electron chi connectivity index (χ1n) is 7.87. The van der Waals surface area contributed by atoms with Crippen LogP contribution in [-0.2, 0) is 24.3 Å². The second-order valence-corrected chi connectivity index (χ2v) is 7.91. The van der Waals surface area contributed by atoms with E-state index in [1.54, 1.807) is 18.2 Å². The Morgan fingerprint density at radius 1 is 1.32 bits per heavy atom. The van der Waals surface area contributed by atoms with Crippen molar-refractivity contribution in [2.75, 3.05) is 17.7 Å². The molecule has 140 valence electrons. The van der Waals surface area contributed by atoms with Crippen LogP contribution in [0.1, 0.15) is 32.3 Å². The SMILES string of the molecule is CCCCS(=O)(=O)N[C@@H](C)C(=O)OCC(=O)Nc1ccc(C)c(Cl)c1. The number of carbonyl (C=O) groups excluding carboxylic acids is 2. The smallest absolute Gasteiger partial charge is 0.324 e. The first kappa shape index (κ1) is 21.4. The molecular formula is C16H23ClN2O5S. The minimum Gasteiger partial charge on any atom is -0.454 e. The van der Waals surface area contributed by atoms with Crippen LogP contribution in [0.2, 0.25) is 5.02 Å². The van der Waals surface area contributed by atoms with Crippen molar-refractivity contribution in [2.24, 2.45) is 0 Å². The summed E-state index contributed by atoms with van der Waals surface area (Å²) in [6.45, 7) is 4.54. The normalized spacial score (nSPS) is 12.5. The van der Waals surface area contributed by atoms with Gasteiger partial charge in [-0.1, -0.05) is 31.0 Å². The molecule has 0 saturated heterocycles. The van der Waals surface area contributed by atoms with E-state index >= 15 is 0 Å². The Balaban J connectivity index is 2.46. The van der Waals surface area contributed by atoms with Crippen LogP contribution >= 0.6 is 11.6 Å². The van der Waals surface area contributed by atoms with Crippen LogP contribution < -0.4 is 10.0 Å². The highest BCUT2D eigenvalue weighted by Crippen LogP contribution is 2.19. The molecule has 25 heavy (non-hydrogen) atoms. The van der Waals surface area contributed by atoms with Crippen molar-refractivity contribution >= 4 is 39.2 Å². The van der Waals surface area contributed by atoms with E-state index < -0.39 is 34.5 Å². The summed E-state index contributed by atoms with van der Waals surface area (Å²) in [4.78, 5) is 23.6. The fourth-order valence-electron chi connectivity index (χ4n) is 1.84. The summed E-state index contributed by atoms with van der Waals surface area (Å²) in [6.07, 6.45) is 1.22. The number of benzene rings is 1. The summed E-state index contributed by atoms with van der Waals surface area (Å²) in [5, 5.41) is 3.05. The van der Waals surface area contributed by atoms with Crippen LogP contribution in [0, 0.1) is 6.92 Å². The van der Waals surface area contributed by atoms with E-state index in [1.165, 1.54) is 6.92 Å². The molecule has 0 aliphatic rings. The molecule has 9 heteroatoms. The third-order valence-corrected chi connectivity index (χ3v) is 5.22. The zero-order valence-electron chi connectivity index (χ0n) is 14.5. The largest absolute Gasteiger partial charge is 0.454 e. The Morgan fingerprint density at radius 3 is 2.60 bits per heavy atom. The fourth-order valence-corrected chi connectivity index (χ4v) is 3.44. The molecule has 1 aromatic rings. The molecule has 0 aliphatic carbocycles. The van der Waals surface area contributed by atoms with Crippen LogP contribution in [0.15, 0.2) is 18.2 Å². The van der Waals surface area contributed by atoms with Gasteiger partial charge in [0.25, 0.3) is 5.91 Å². The lowest BCUT2D eigenvalue weighted by Gasteiger charge is -2.13. The van der Waals surface area contributed by atoms with Crippen molar-refractivity contribution < 1.29 is 22.7 Å². The van der Waals surface area contributed by atoms with Crippen LogP contribution in [0.4, 0.5) is 5.69 Å². The average molecular weight is 391 g/mol. The highest BCUT2D eigenvalue weighted by atomic mass is 35.5. The molecule has 0 aromatic heterocycles. The van der Waals surface area contributed by atoms with E-state index in [2.05, 4.69) is 10.0 Å². The number of hydrogen-bond acceptors (Lipinski definition) is 5. The fraction of sp³-hybridized carbons (Fsp3) is 0.500. The van der Waals surface area contributed by atoms with Crippen LogP contribution in [0.3, 0.4) is 0 Å². The Labute approximate surface area is 153 Å². The molecule has 7 nitrogen and oxygen atoms in total. The number of hydrogen-bond donors (Lipinski definition) is 2. The molecule has 1 amide bonds. The summed E-state index contributed by atoms with van der Waals surface area (Å²) < 4.78 is 30.5. The van der Waals surface area contributed by atoms with Gasteiger partial charge >= 0.3 is 5.97 Å². The summed E-state index contributed by atoms with van der Waals surface area (Å²) in [5.74, 6) is -1.43. The van der Waals surface area contributed by atoms with Gasteiger partial charge in [-0.25, -0.2) is 13.1 Å². The van der Waals surface area contributed by atoms with Crippen molar-refractivity contribution in [3.05, 3.63) is 28.8 Å². The first-order valence-corrected chi connectivity index (χ1v) is 9.90. The Kier molecular flexibility index (Phi) is 8.34. The maximum Gasteiger partial charge on any atom is 0.324 e. The van der Waals surface area contributed by atoms with E-state index in [1.807, 2.05) is 13.8 Å². The van der Waals surface area contributed by atoms with Crippen molar-refractivity contribution in [1.82, 2.24) is 4.72 Å². The van der Waals surface area contributed by atoms with Gasteiger partial charge in [0.2, 0.25) is 10.0 Å². The molecule has 0 spiro atoms.